The molecule has 1 amide bonds. The van der Waals surface area contributed by atoms with Gasteiger partial charge in [-0.25, -0.2) is 0 Å². The summed E-state index contributed by atoms with van der Waals surface area (Å²) in [5.41, 5.74) is 2.57. The molecule has 1 aliphatic carbocycles. The van der Waals surface area contributed by atoms with E-state index in [0.717, 1.165) is 29.9 Å². The molecular formula is C22H26N6O2S2. The Morgan fingerprint density at radius 2 is 2.16 bits per heavy atom. The van der Waals surface area contributed by atoms with Crippen molar-refractivity contribution in [2.45, 2.75) is 62.9 Å². The number of furan rings is 1. The van der Waals surface area contributed by atoms with Crippen molar-refractivity contribution in [3.63, 3.8) is 0 Å². The van der Waals surface area contributed by atoms with Gasteiger partial charge in [0.25, 0.3) is 0 Å². The summed E-state index contributed by atoms with van der Waals surface area (Å²) in [7, 11) is 0. The number of rotatable bonds is 8. The van der Waals surface area contributed by atoms with Gasteiger partial charge >= 0.3 is 0 Å². The third-order valence-electron chi connectivity index (χ3n) is 5.79. The van der Waals surface area contributed by atoms with Gasteiger partial charge in [0.1, 0.15) is 17.6 Å². The number of hydrogen-bond acceptors (Lipinski definition) is 8. The van der Waals surface area contributed by atoms with Gasteiger partial charge < -0.3 is 19.6 Å². The predicted octanol–water partition coefficient (Wildman–Crippen LogP) is 5.27. The van der Waals surface area contributed by atoms with Gasteiger partial charge in [-0.15, -0.1) is 10.2 Å². The van der Waals surface area contributed by atoms with Crippen molar-refractivity contribution < 1.29 is 9.21 Å². The molecule has 1 aliphatic rings. The molecule has 10 heteroatoms. The molecule has 1 saturated carbocycles. The summed E-state index contributed by atoms with van der Waals surface area (Å²) in [6.07, 6.45) is 7.40. The number of hydrogen-bond donors (Lipinski definition) is 2. The van der Waals surface area contributed by atoms with Gasteiger partial charge in [0.15, 0.2) is 4.34 Å². The fourth-order valence-electron chi connectivity index (χ4n) is 4.09. The average Bonchev–Trinajstić information content (AvgIpc) is 3.53. The number of nitrogens with zero attached hydrogens (tertiary/aromatic N) is 4. The van der Waals surface area contributed by atoms with Crippen LogP contribution in [0.3, 0.4) is 0 Å². The summed E-state index contributed by atoms with van der Waals surface area (Å²) in [6, 6.07) is 6.35. The maximum Gasteiger partial charge on any atom is 0.235 e. The fourth-order valence-corrected chi connectivity index (χ4v) is 5.64. The van der Waals surface area contributed by atoms with E-state index in [1.807, 2.05) is 26.0 Å². The molecule has 0 saturated heterocycles. The molecule has 0 bridgehead atoms. The predicted molar refractivity (Wildman–Crippen MR) is 126 cm³/mol. The van der Waals surface area contributed by atoms with E-state index in [-0.39, 0.29) is 11.7 Å². The molecule has 0 aliphatic heterocycles. The second-order valence-electron chi connectivity index (χ2n) is 7.85. The van der Waals surface area contributed by atoms with Crippen molar-refractivity contribution in [2.24, 2.45) is 0 Å². The Bertz CT molecular complexity index is 1110. The second-order valence-corrected chi connectivity index (χ2v) is 10.1. The van der Waals surface area contributed by atoms with Crippen LogP contribution in [-0.4, -0.2) is 26.4 Å². The van der Waals surface area contributed by atoms with Gasteiger partial charge in [-0.3, -0.25) is 4.79 Å². The normalized spacial score (nSPS) is 14.3. The van der Waals surface area contributed by atoms with Crippen LogP contribution in [0.1, 0.15) is 60.7 Å². The number of nitriles is 1. The van der Waals surface area contributed by atoms with E-state index in [0.29, 0.717) is 33.4 Å². The fraction of sp³-hybridized carbons (Fsp3) is 0.455. The van der Waals surface area contributed by atoms with Gasteiger partial charge in [-0.1, -0.05) is 42.4 Å². The van der Waals surface area contributed by atoms with Crippen molar-refractivity contribution in [1.29, 1.82) is 5.26 Å². The van der Waals surface area contributed by atoms with Crippen molar-refractivity contribution in [1.82, 2.24) is 14.8 Å². The minimum atomic E-state index is -0.152. The number of anilines is 2. The SMILES string of the molecule is Cc1c(C#N)c(NC(=O)CSc2nnc(NCc3ccco3)s2)n(C2CCCCC2)c1C. The Morgan fingerprint density at radius 3 is 2.88 bits per heavy atom. The van der Waals surface area contributed by atoms with Crippen LogP contribution in [0.5, 0.6) is 0 Å². The highest BCUT2D eigenvalue weighted by Crippen LogP contribution is 2.37. The lowest BCUT2D eigenvalue weighted by Gasteiger charge is -2.27. The van der Waals surface area contributed by atoms with E-state index in [4.69, 9.17) is 4.42 Å². The molecule has 3 aromatic rings. The van der Waals surface area contributed by atoms with E-state index < -0.39 is 0 Å². The Hall–Kier alpha value is -2.77. The van der Waals surface area contributed by atoms with Crippen LogP contribution in [0.15, 0.2) is 27.2 Å². The molecule has 3 aromatic heterocycles. The molecule has 32 heavy (non-hydrogen) atoms. The largest absolute Gasteiger partial charge is 0.467 e. The maximum absolute atomic E-state index is 12.8. The van der Waals surface area contributed by atoms with Crippen LogP contribution < -0.4 is 10.6 Å². The highest BCUT2D eigenvalue weighted by atomic mass is 32.2. The molecule has 0 aromatic carbocycles. The Balaban J connectivity index is 1.39. The third kappa shape index (κ3) is 5.00. The molecular weight excluding hydrogens is 444 g/mol. The minimum absolute atomic E-state index is 0.152. The van der Waals surface area contributed by atoms with Crippen molar-refractivity contribution in [3.05, 3.63) is 41.0 Å². The molecule has 8 nitrogen and oxygen atoms in total. The van der Waals surface area contributed by atoms with Crippen LogP contribution in [0.25, 0.3) is 0 Å². The summed E-state index contributed by atoms with van der Waals surface area (Å²) in [6.45, 7) is 4.52. The number of carbonyl (C=O) groups excluding carboxylic acids is 1. The highest BCUT2D eigenvalue weighted by Gasteiger charge is 2.26. The summed E-state index contributed by atoms with van der Waals surface area (Å²) in [5.74, 6) is 1.50. The zero-order chi connectivity index (χ0) is 22.5. The molecule has 168 valence electrons. The van der Waals surface area contributed by atoms with Crippen molar-refractivity contribution >= 4 is 40.0 Å². The monoisotopic (exact) mass is 470 g/mol. The number of nitrogens with one attached hydrogen (secondary N) is 2. The standard InChI is InChI=1S/C22H26N6O2S2/c1-14-15(2)28(16-7-4-3-5-8-16)20(18(14)11-23)25-19(29)13-31-22-27-26-21(32-22)24-12-17-9-6-10-30-17/h6,9-10,16H,3-5,7-8,12-13H2,1-2H3,(H,24,26)(H,25,29). The second kappa shape index (κ2) is 10.2. The number of thioether (sulfide) groups is 1. The molecule has 2 N–H and O–H groups in total. The van der Waals surface area contributed by atoms with Gasteiger partial charge in [0, 0.05) is 11.7 Å². The van der Waals surface area contributed by atoms with Gasteiger partial charge in [0.05, 0.1) is 24.1 Å². The summed E-state index contributed by atoms with van der Waals surface area (Å²) < 4.78 is 8.17. The van der Waals surface area contributed by atoms with E-state index in [2.05, 4.69) is 31.5 Å². The molecule has 0 radical (unpaired) electrons. The Morgan fingerprint density at radius 1 is 1.34 bits per heavy atom. The smallest absolute Gasteiger partial charge is 0.235 e. The van der Waals surface area contributed by atoms with Crippen molar-refractivity contribution in [3.8, 4) is 6.07 Å². The molecule has 1 fully saturated rings. The lowest BCUT2D eigenvalue weighted by atomic mass is 9.95. The van der Waals surface area contributed by atoms with E-state index in [9.17, 15) is 10.1 Å². The van der Waals surface area contributed by atoms with E-state index in [1.54, 1.807) is 6.26 Å². The molecule has 0 atom stereocenters. The van der Waals surface area contributed by atoms with Crippen molar-refractivity contribution in [2.75, 3.05) is 16.4 Å². The lowest BCUT2D eigenvalue weighted by molar-refractivity contribution is -0.113. The Kier molecular flexibility index (Phi) is 7.17. The van der Waals surface area contributed by atoms with Crippen LogP contribution in [0, 0.1) is 25.2 Å². The highest BCUT2D eigenvalue weighted by molar-refractivity contribution is 8.01. The van der Waals surface area contributed by atoms with Gasteiger partial charge in [-0.05, 0) is 44.4 Å². The van der Waals surface area contributed by atoms with E-state index in [1.165, 1.54) is 42.4 Å². The van der Waals surface area contributed by atoms with Crippen LogP contribution in [-0.2, 0) is 11.3 Å². The number of carbonyl (C=O) groups is 1. The minimum Gasteiger partial charge on any atom is -0.467 e. The zero-order valence-electron chi connectivity index (χ0n) is 18.2. The molecule has 3 heterocycles. The molecule has 4 rings (SSSR count). The van der Waals surface area contributed by atoms with Crippen LogP contribution >= 0.6 is 23.1 Å². The van der Waals surface area contributed by atoms with Crippen LogP contribution in [0.4, 0.5) is 10.9 Å². The van der Waals surface area contributed by atoms with Gasteiger partial charge in [0.2, 0.25) is 11.0 Å². The quantitative estimate of drug-likeness (QED) is 0.432. The summed E-state index contributed by atoms with van der Waals surface area (Å²) in [5, 5.41) is 24.8. The maximum atomic E-state index is 12.8. The molecule has 0 spiro atoms. The first-order chi connectivity index (χ1) is 15.6. The Labute approximate surface area is 195 Å². The van der Waals surface area contributed by atoms with Gasteiger partial charge in [-0.2, -0.15) is 5.26 Å². The topological polar surface area (TPSA) is 109 Å². The third-order valence-corrected chi connectivity index (χ3v) is 7.81. The first kappa shape index (κ1) is 22.4. The summed E-state index contributed by atoms with van der Waals surface area (Å²) >= 11 is 2.73. The molecule has 0 unspecified atom stereocenters. The zero-order valence-corrected chi connectivity index (χ0v) is 19.8. The first-order valence-corrected chi connectivity index (χ1v) is 12.5. The van der Waals surface area contributed by atoms with E-state index >= 15 is 0 Å². The van der Waals surface area contributed by atoms with Crippen LogP contribution in [0.2, 0.25) is 0 Å². The average molecular weight is 471 g/mol. The first-order valence-electron chi connectivity index (χ1n) is 10.7. The lowest BCUT2D eigenvalue weighted by Crippen LogP contribution is -2.21. The number of amides is 1. The number of aromatic nitrogens is 3. The summed E-state index contributed by atoms with van der Waals surface area (Å²) in [4.78, 5) is 12.8.